The van der Waals surface area contributed by atoms with Gasteiger partial charge in [0.25, 0.3) is 0 Å². The predicted octanol–water partition coefficient (Wildman–Crippen LogP) is 3.87. The molecule has 144 valence electrons. The average Bonchev–Trinajstić information content (AvgIpc) is 3.07. The van der Waals surface area contributed by atoms with E-state index in [2.05, 4.69) is 29.0 Å². The number of nitrogens with zero attached hydrogens (tertiary/aromatic N) is 3. The number of hydrogen-bond donors (Lipinski definition) is 1. The Morgan fingerprint density at radius 2 is 1.88 bits per heavy atom. The maximum atomic E-state index is 12.4. The number of carbonyl (C=O) groups is 1. The van der Waals surface area contributed by atoms with E-state index in [0.717, 1.165) is 38.6 Å². The highest BCUT2D eigenvalue weighted by Gasteiger charge is 2.28. The number of hydrogen-bond acceptors (Lipinski definition) is 3. The molecule has 0 aromatic heterocycles. The molecule has 0 spiro atoms. The minimum atomic E-state index is -0.0742. The van der Waals surface area contributed by atoms with Gasteiger partial charge >= 0.3 is 6.03 Å². The lowest BCUT2D eigenvalue weighted by Gasteiger charge is -2.36. The van der Waals surface area contributed by atoms with Crippen LogP contribution in [0.2, 0.25) is 10.0 Å². The van der Waals surface area contributed by atoms with Gasteiger partial charge in [-0.2, -0.15) is 0 Å². The summed E-state index contributed by atoms with van der Waals surface area (Å²) in [5.41, 5.74) is 0.673. The van der Waals surface area contributed by atoms with Gasteiger partial charge in [0.05, 0.1) is 10.0 Å². The molecular formula is C19H28Cl2N4O. The number of benzene rings is 1. The Bertz CT molecular complexity index is 632. The predicted molar refractivity (Wildman–Crippen MR) is 108 cm³/mol. The van der Waals surface area contributed by atoms with E-state index in [4.69, 9.17) is 23.2 Å². The third kappa shape index (κ3) is 5.03. The fourth-order valence-electron chi connectivity index (χ4n) is 3.76. The molecule has 0 aliphatic carbocycles. The van der Waals surface area contributed by atoms with Crippen LogP contribution in [-0.2, 0) is 0 Å². The van der Waals surface area contributed by atoms with E-state index in [0.29, 0.717) is 21.8 Å². The first-order valence-electron chi connectivity index (χ1n) is 9.39. The number of rotatable bonds is 4. The lowest BCUT2D eigenvalue weighted by atomic mass is 10.1. The van der Waals surface area contributed by atoms with E-state index < -0.39 is 0 Å². The molecule has 2 aliphatic rings. The van der Waals surface area contributed by atoms with Crippen molar-refractivity contribution in [3.8, 4) is 0 Å². The van der Waals surface area contributed by atoms with E-state index in [1.807, 2.05) is 4.90 Å². The van der Waals surface area contributed by atoms with Crippen molar-refractivity contribution in [1.29, 1.82) is 0 Å². The highest BCUT2D eigenvalue weighted by molar-refractivity contribution is 6.42. The third-order valence-corrected chi connectivity index (χ3v) is 6.13. The van der Waals surface area contributed by atoms with Crippen LogP contribution in [0.1, 0.15) is 20.3 Å². The summed E-state index contributed by atoms with van der Waals surface area (Å²) in [5, 5.41) is 3.84. The summed E-state index contributed by atoms with van der Waals surface area (Å²) in [6.07, 6.45) is 1.29. The maximum absolute atomic E-state index is 12.4. The van der Waals surface area contributed by atoms with Crippen LogP contribution in [0.5, 0.6) is 0 Å². The molecule has 2 heterocycles. The zero-order valence-corrected chi connectivity index (χ0v) is 17.1. The number of nitrogens with one attached hydrogen (secondary N) is 1. The summed E-state index contributed by atoms with van der Waals surface area (Å²) in [7, 11) is 0. The van der Waals surface area contributed by atoms with E-state index in [1.165, 1.54) is 19.5 Å². The molecule has 1 N–H and O–H groups in total. The molecular weight excluding hydrogens is 371 g/mol. The number of anilines is 1. The Kier molecular flexibility index (Phi) is 6.67. The van der Waals surface area contributed by atoms with Crippen LogP contribution in [-0.4, -0.2) is 72.6 Å². The van der Waals surface area contributed by atoms with Gasteiger partial charge in [-0.1, -0.05) is 23.2 Å². The number of halogens is 2. The Balaban J connectivity index is 1.43. The molecule has 5 nitrogen and oxygen atoms in total. The van der Waals surface area contributed by atoms with Crippen molar-refractivity contribution in [3.05, 3.63) is 28.2 Å². The third-order valence-electron chi connectivity index (χ3n) is 5.39. The summed E-state index contributed by atoms with van der Waals surface area (Å²) in [4.78, 5) is 19.4. The molecule has 0 bridgehead atoms. The Hall–Kier alpha value is -1.01. The van der Waals surface area contributed by atoms with Crippen LogP contribution in [0.3, 0.4) is 0 Å². The van der Waals surface area contributed by atoms with Crippen molar-refractivity contribution in [1.82, 2.24) is 14.7 Å². The maximum Gasteiger partial charge on any atom is 0.321 e. The second kappa shape index (κ2) is 8.79. The molecule has 2 aliphatic heterocycles. The van der Waals surface area contributed by atoms with Crippen molar-refractivity contribution < 1.29 is 4.79 Å². The fourth-order valence-corrected chi connectivity index (χ4v) is 4.05. The van der Waals surface area contributed by atoms with Crippen LogP contribution in [0, 0.1) is 5.92 Å². The second-order valence-corrected chi connectivity index (χ2v) is 8.40. The summed E-state index contributed by atoms with van der Waals surface area (Å²) in [6.45, 7) is 11.5. The average molecular weight is 399 g/mol. The number of urea groups is 1. The van der Waals surface area contributed by atoms with Crippen molar-refractivity contribution in [3.63, 3.8) is 0 Å². The summed E-state index contributed by atoms with van der Waals surface area (Å²) in [6, 6.07) is 5.71. The second-order valence-electron chi connectivity index (χ2n) is 7.59. The monoisotopic (exact) mass is 398 g/mol. The smallest absolute Gasteiger partial charge is 0.321 e. The highest BCUT2D eigenvalue weighted by atomic mass is 35.5. The SMILES string of the molecule is CC(C)N1CCC(CN2CCN(C(=O)Nc3ccc(Cl)c(Cl)c3)CC2)C1. The summed E-state index contributed by atoms with van der Waals surface area (Å²) < 4.78 is 0. The van der Waals surface area contributed by atoms with Crippen molar-refractivity contribution in [2.45, 2.75) is 26.3 Å². The summed E-state index contributed by atoms with van der Waals surface area (Å²) >= 11 is 11.9. The van der Waals surface area contributed by atoms with Crippen LogP contribution in [0.15, 0.2) is 18.2 Å². The van der Waals surface area contributed by atoms with Gasteiger partial charge in [0.15, 0.2) is 0 Å². The largest absolute Gasteiger partial charge is 0.322 e. The fraction of sp³-hybridized carbons (Fsp3) is 0.632. The van der Waals surface area contributed by atoms with Crippen LogP contribution in [0.4, 0.5) is 10.5 Å². The van der Waals surface area contributed by atoms with Crippen molar-refractivity contribution in [2.24, 2.45) is 5.92 Å². The molecule has 2 fully saturated rings. The normalized spacial score (nSPS) is 22.2. The van der Waals surface area contributed by atoms with Gasteiger partial charge in [0.2, 0.25) is 0 Å². The van der Waals surface area contributed by atoms with Gasteiger partial charge in [-0.05, 0) is 50.9 Å². The number of likely N-dealkylation sites (tertiary alicyclic amines) is 1. The van der Waals surface area contributed by atoms with E-state index in [-0.39, 0.29) is 6.03 Å². The van der Waals surface area contributed by atoms with Crippen LogP contribution >= 0.6 is 23.2 Å². The molecule has 1 aromatic rings. The minimum absolute atomic E-state index is 0.0742. The van der Waals surface area contributed by atoms with Crippen molar-refractivity contribution >= 4 is 34.9 Å². The molecule has 1 atom stereocenters. The molecule has 7 heteroatoms. The Morgan fingerprint density at radius 3 is 2.50 bits per heavy atom. The molecule has 0 saturated carbocycles. The zero-order valence-electron chi connectivity index (χ0n) is 15.5. The van der Waals surface area contributed by atoms with E-state index in [1.54, 1.807) is 18.2 Å². The Labute approximate surface area is 166 Å². The lowest BCUT2D eigenvalue weighted by molar-refractivity contribution is 0.133. The van der Waals surface area contributed by atoms with Gasteiger partial charge < -0.3 is 15.1 Å². The van der Waals surface area contributed by atoms with Crippen molar-refractivity contribution in [2.75, 3.05) is 51.1 Å². The minimum Gasteiger partial charge on any atom is -0.322 e. The molecule has 1 aromatic carbocycles. The molecule has 2 amide bonds. The van der Waals surface area contributed by atoms with Crippen LogP contribution < -0.4 is 5.32 Å². The topological polar surface area (TPSA) is 38.8 Å². The van der Waals surface area contributed by atoms with E-state index >= 15 is 0 Å². The zero-order chi connectivity index (χ0) is 18.7. The molecule has 0 radical (unpaired) electrons. The van der Waals surface area contributed by atoms with Gasteiger partial charge in [-0.3, -0.25) is 4.90 Å². The summed E-state index contributed by atoms with van der Waals surface area (Å²) in [5.74, 6) is 0.758. The molecule has 3 rings (SSSR count). The number of piperazine rings is 1. The first kappa shape index (κ1) is 19.7. The first-order valence-corrected chi connectivity index (χ1v) is 10.2. The van der Waals surface area contributed by atoms with Gasteiger partial charge in [0.1, 0.15) is 0 Å². The molecule has 26 heavy (non-hydrogen) atoms. The lowest BCUT2D eigenvalue weighted by Crippen LogP contribution is -2.51. The van der Waals surface area contributed by atoms with E-state index in [9.17, 15) is 4.79 Å². The van der Waals surface area contributed by atoms with Crippen LogP contribution in [0.25, 0.3) is 0 Å². The molecule has 1 unspecified atom stereocenters. The van der Waals surface area contributed by atoms with Gasteiger partial charge in [-0.25, -0.2) is 4.79 Å². The number of amides is 2. The Morgan fingerprint density at radius 1 is 1.15 bits per heavy atom. The number of carbonyl (C=O) groups excluding carboxylic acids is 1. The van der Waals surface area contributed by atoms with Gasteiger partial charge in [0, 0.05) is 51.0 Å². The molecule has 2 saturated heterocycles. The standard InChI is InChI=1S/C19H28Cl2N4O/c1-14(2)25-6-5-15(13-25)12-23-7-9-24(10-8-23)19(26)22-16-3-4-17(20)18(21)11-16/h3-4,11,14-15H,5-10,12-13H2,1-2H3,(H,22,26). The highest BCUT2D eigenvalue weighted by Crippen LogP contribution is 2.25. The first-order chi connectivity index (χ1) is 12.4. The van der Waals surface area contributed by atoms with Gasteiger partial charge in [-0.15, -0.1) is 0 Å². The quantitative estimate of drug-likeness (QED) is 0.836.